The highest BCUT2D eigenvalue weighted by Gasteiger charge is 2.29. The number of carbonyl (C=O) groups is 1. The second-order valence-corrected chi connectivity index (χ2v) is 4.47. The summed E-state index contributed by atoms with van der Waals surface area (Å²) in [5.41, 5.74) is 0. The predicted octanol–water partition coefficient (Wildman–Crippen LogP) is 1.04. The van der Waals surface area contributed by atoms with E-state index in [-0.39, 0.29) is 11.9 Å². The van der Waals surface area contributed by atoms with Crippen molar-refractivity contribution in [3.63, 3.8) is 0 Å². The van der Waals surface area contributed by atoms with Crippen LogP contribution in [0.15, 0.2) is 0 Å². The fourth-order valence-corrected chi connectivity index (χ4v) is 2.64. The molecule has 2 aliphatic rings. The van der Waals surface area contributed by atoms with Crippen LogP contribution in [0.1, 0.15) is 38.5 Å². The molecule has 0 spiro atoms. The third-order valence-electron chi connectivity index (χ3n) is 3.44. The number of amides is 1. The Kier molecular flexibility index (Phi) is 3.40. The maximum absolute atomic E-state index is 11.6. The molecular formula is C11H20N2O. The molecule has 1 saturated heterocycles. The summed E-state index contributed by atoms with van der Waals surface area (Å²) in [5, 5.41) is 6.30. The SMILES string of the molecule is O=C1NCCNC1C1CCCCCC1. The van der Waals surface area contributed by atoms with Crippen LogP contribution >= 0.6 is 0 Å². The summed E-state index contributed by atoms with van der Waals surface area (Å²) in [4.78, 5) is 11.6. The Morgan fingerprint density at radius 2 is 1.71 bits per heavy atom. The van der Waals surface area contributed by atoms with Gasteiger partial charge in [-0.15, -0.1) is 0 Å². The highest BCUT2D eigenvalue weighted by Crippen LogP contribution is 2.26. The summed E-state index contributed by atoms with van der Waals surface area (Å²) in [5.74, 6) is 0.806. The van der Waals surface area contributed by atoms with Crippen molar-refractivity contribution in [2.75, 3.05) is 13.1 Å². The predicted molar refractivity (Wildman–Crippen MR) is 56.0 cm³/mol. The van der Waals surface area contributed by atoms with E-state index in [2.05, 4.69) is 10.6 Å². The first-order valence-corrected chi connectivity index (χ1v) is 5.89. The average molecular weight is 196 g/mol. The zero-order valence-electron chi connectivity index (χ0n) is 8.72. The van der Waals surface area contributed by atoms with Gasteiger partial charge in [0.2, 0.25) is 5.91 Å². The quantitative estimate of drug-likeness (QED) is 0.615. The van der Waals surface area contributed by atoms with E-state index >= 15 is 0 Å². The van der Waals surface area contributed by atoms with Gasteiger partial charge >= 0.3 is 0 Å². The molecule has 1 amide bonds. The van der Waals surface area contributed by atoms with E-state index in [1.54, 1.807) is 0 Å². The largest absolute Gasteiger partial charge is 0.353 e. The number of nitrogens with one attached hydrogen (secondary N) is 2. The minimum atomic E-state index is 0.0989. The molecule has 2 N–H and O–H groups in total. The monoisotopic (exact) mass is 196 g/mol. The minimum Gasteiger partial charge on any atom is -0.353 e. The van der Waals surface area contributed by atoms with Crippen molar-refractivity contribution in [3.05, 3.63) is 0 Å². The van der Waals surface area contributed by atoms with E-state index in [9.17, 15) is 4.79 Å². The Bertz CT molecular complexity index is 197. The van der Waals surface area contributed by atoms with Crippen molar-refractivity contribution in [1.82, 2.24) is 10.6 Å². The van der Waals surface area contributed by atoms with Gasteiger partial charge < -0.3 is 10.6 Å². The molecule has 3 nitrogen and oxygen atoms in total. The lowest BCUT2D eigenvalue weighted by atomic mass is 9.90. The molecule has 3 heteroatoms. The van der Waals surface area contributed by atoms with Crippen LogP contribution in [-0.2, 0) is 4.79 Å². The summed E-state index contributed by atoms with van der Waals surface area (Å²) in [6.45, 7) is 1.73. The van der Waals surface area contributed by atoms with E-state index in [4.69, 9.17) is 0 Å². The lowest BCUT2D eigenvalue weighted by molar-refractivity contribution is -0.125. The Balaban J connectivity index is 1.93. The van der Waals surface area contributed by atoms with E-state index < -0.39 is 0 Å². The molecule has 1 unspecified atom stereocenters. The Hall–Kier alpha value is -0.570. The van der Waals surface area contributed by atoms with Gasteiger partial charge in [0.05, 0.1) is 6.04 Å². The highest BCUT2D eigenvalue weighted by atomic mass is 16.2. The van der Waals surface area contributed by atoms with E-state index in [0.29, 0.717) is 5.92 Å². The van der Waals surface area contributed by atoms with Crippen LogP contribution in [0.2, 0.25) is 0 Å². The number of hydrogen-bond donors (Lipinski definition) is 2. The summed E-state index contributed by atoms with van der Waals surface area (Å²) in [6.07, 6.45) is 7.76. The summed E-state index contributed by atoms with van der Waals surface area (Å²) in [7, 11) is 0. The molecule has 0 aromatic rings. The molecule has 1 aliphatic heterocycles. The van der Waals surface area contributed by atoms with Gasteiger partial charge in [0.15, 0.2) is 0 Å². The smallest absolute Gasteiger partial charge is 0.237 e. The molecule has 0 aromatic heterocycles. The van der Waals surface area contributed by atoms with Gasteiger partial charge in [-0.2, -0.15) is 0 Å². The first-order chi connectivity index (χ1) is 6.88. The normalized spacial score (nSPS) is 30.9. The van der Waals surface area contributed by atoms with Crippen LogP contribution in [0.25, 0.3) is 0 Å². The van der Waals surface area contributed by atoms with Gasteiger partial charge in [0.25, 0.3) is 0 Å². The molecule has 0 radical (unpaired) electrons. The number of piperazine rings is 1. The molecule has 0 aromatic carbocycles. The third-order valence-corrected chi connectivity index (χ3v) is 3.44. The summed E-state index contributed by atoms with van der Waals surface area (Å²) < 4.78 is 0. The first kappa shape index (κ1) is 9.97. The van der Waals surface area contributed by atoms with Crippen LogP contribution in [0.4, 0.5) is 0 Å². The fourth-order valence-electron chi connectivity index (χ4n) is 2.64. The van der Waals surface area contributed by atoms with Crippen molar-refractivity contribution < 1.29 is 4.79 Å². The standard InChI is InChI=1S/C11H20N2O/c14-11-10(12-7-8-13-11)9-5-3-1-2-4-6-9/h9-10,12H,1-8H2,(H,13,14). The zero-order valence-corrected chi connectivity index (χ0v) is 8.72. The maximum Gasteiger partial charge on any atom is 0.237 e. The fraction of sp³-hybridized carbons (Fsp3) is 0.909. The van der Waals surface area contributed by atoms with E-state index in [1.165, 1.54) is 38.5 Å². The lowest BCUT2D eigenvalue weighted by Gasteiger charge is -2.30. The van der Waals surface area contributed by atoms with Gasteiger partial charge in [-0.05, 0) is 18.8 Å². The van der Waals surface area contributed by atoms with Crippen LogP contribution in [-0.4, -0.2) is 25.0 Å². The third kappa shape index (κ3) is 2.27. The van der Waals surface area contributed by atoms with E-state index in [0.717, 1.165) is 13.1 Å². The van der Waals surface area contributed by atoms with Crippen molar-refractivity contribution in [1.29, 1.82) is 0 Å². The minimum absolute atomic E-state index is 0.0989. The average Bonchev–Trinajstić information content (AvgIpc) is 2.47. The molecule has 1 heterocycles. The molecule has 14 heavy (non-hydrogen) atoms. The molecular weight excluding hydrogens is 176 g/mol. The van der Waals surface area contributed by atoms with Crippen molar-refractivity contribution >= 4 is 5.91 Å². The number of hydrogen-bond acceptors (Lipinski definition) is 2. The molecule has 80 valence electrons. The van der Waals surface area contributed by atoms with Gasteiger partial charge in [-0.1, -0.05) is 25.7 Å². The van der Waals surface area contributed by atoms with Gasteiger partial charge in [0.1, 0.15) is 0 Å². The summed E-state index contributed by atoms with van der Waals surface area (Å²) in [6, 6.07) is 0.0989. The molecule has 2 rings (SSSR count). The summed E-state index contributed by atoms with van der Waals surface area (Å²) >= 11 is 0. The van der Waals surface area contributed by atoms with Crippen LogP contribution < -0.4 is 10.6 Å². The van der Waals surface area contributed by atoms with Crippen molar-refractivity contribution in [2.24, 2.45) is 5.92 Å². The van der Waals surface area contributed by atoms with E-state index in [1.807, 2.05) is 0 Å². The second kappa shape index (κ2) is 4.78. The number of carbonyl (C=O) groups excluding carboxylic acids is 1. The van der Waals surface area contributed by atoms with Crippen LogP contribution in [0.3, 0.4) is 0 Å². The second-order valence-electron chi connectivity index (χ2n) is 4.47. The molecule has 1 atom stereocenters. The van der Waals surface area contributed by atoms with Gasteiger partial charge in [0, 0.05) is 13.1 Å². The van der Waals surface area contributed by atoms with Crippen molar-refractivity contribution in [3.8, 4) is 0 Å². The molecule has 1 aliphatic carbocycles. The van der Waals surface area contributed by atoms with Crippen LogP contribution in [0.5, 0.6) is 0 Å². The topological polar surface area (TPSA) is 41.1 Å². The van der Waals surface area contributed by atoms with Crippen molar-refractivity contribution in [2.45, 2.75) is 44.6 Å². The highest BCUT2D eigenvalue weighted by molar-refractivity contribution is 5.82. The van der Waals surface area contributed by atoms with Gasteiger partial charge in [-0.3, -0.25) is 4.79 Å². The van der Waals surface area contributed by atoms with Crippen LogP contribution in [0, 0.1) is 5.92 Å². The van der Waals surface area contributed by atoms with Gasteiger partial charge in [-0.25, -0.2) is 0 Å². The Morgan fingerprint density at radius 1 is 1.00 bits per heavy atom. The molecule has 2 fully saturated rings. The Morgan fingerprint density at radius 3 is 2.36 bits per heavy atom. The first-order valence-electron chi connectivity index (χ1n) is 5.89. The molecule has 0 bridgehead atoms. The Labute approximate surface area is 85.6 Å². The molecule has 1 saturated carbocycles. The lowest BCUT2D eigenvalue weighted by Crippen LogP contribution is -2.56. The zero-order chi connectivity index (χ0) is 9.80. The maximum atomic E-state index is 11.6. The number of rotatable bonds is 1.